The molecule has 2 aromatic rings. The van der Waals surface area contributed by atoms with Gasteiger partial charge in [0.2, 0.25) is 0 Å². The first-order valence-corrected chi connectivity index (χ1v) is 7.30. The van der Waals surface area contributed by atoms with E-state index in [1.165, 1.54) is 42.6 Å². The van der Waals surface area contributed by atoms with Crippen molar-refractivity contribution in [2.24, 2.45) is 11.5 Å². The van der Waals surface area contributed by atoms with Crippen LogP contribution in [0.5, 0.6) is 0 Å². The lowest BCUT2D eigenvalue weighted by molar-refractivity contribution is -0.137. The van der Waals surface area contributed by atoms with Crippen LogP contribution in [0.25, 0.3) is 5.70 Å². The summed E-state index contributed by atoms with van der Waals surface area (Å²) < 4.78 is 37.6. The maximum atomic E-state index is 12.5. The van der Waals surface area contributed by atoms with E-state index in [1.54, 1.807) is 0 Å². The number of allylic oxidation sites excluding steroid dienone is 2. The van der Waals surface area contributed by atoms with Crippen molar-refractivity contribution in [3.63, 3.8) is 0 Å². The normalized spacial score (nSPS) is 12.7. The fraction of sp³-hybridized carbons (Fsp3) is 0.0588. The van der Waals surface area contributed by atoms with Crippen LogP contribution in [0.2, 0.25) is 0 Å². The third-order valence-electron chi connectivity index (χ3n) is 3.26. The van der Waals surface area contributed by atoms with Crippen molar-refractivity contribution in [1.29, 1.82) is 0 Å². The zero-order valence-corrected chi connectivity index (χ0v) is 13.4. The number of hydrogen-bond donors (Lipinski definition) is 4. The van der Waals surface area contributed by atoms with Crippen molar-refractivity contribution < 1.29 is 18.0 Å². The maximum absolute atomic E-state index is 12.5. The van der Waals surface area contributed by atoms with Gasteiger partial charge in [-0.1, -0.05) is 12.1 Å². The van der Waals surface area contributed by atoms with Crippen LogP contribution < -0.4 is 22.5 Å². The first-order valence-electron chi connectivity index (χ1n) is 7.30. The molecule has 0 bridgehead atoms. The molecule has 0 atom stereocenters. The highest BCUT2D eigenvalue weighted by Gasteiger charge is 2.29. The summed E-state index contributed by atoms with van der Waals surface area (Å²) in [4.78, 5) is 15.8. The average molecular weight is 363 g/mol. The fourth-order valence-electron chi connectivity index (χ4n) is 1.94. The molecule has 0 aliphatic heterocycles. The summed E-state index contributed by atoms with van der Waals surface area (Å²) in [7, 11) is 0. The molecule has 0 aliphatic rings. The van der Waals surface area contributed by atoms with Crippen molar-refractivity contribution >= 4 is 17.3 Å². The van der Waals surface area contributed by atoms with E-state index in [9.17, 15) is 18.0 Å². The number of nitrogens with one attached hydrogen (secondary N) is 1. The molecule has 1 aromatic heterocycles. The molecule has 0 aliphatic carbocycles. The molecule has 0 spiro atoms. The van der Waals surface area contributed by atoms with Crippen LogP contribution in [0.4, 0.5) is 18.9 Å². The van der Waals surface area contributed by atoms with E-state index < -0.39 is 17.6 Å². The number of alkyl halides is 3. The number of pyridine rings is 1. The molecule has 1 amide bonds. The first-order chi connectivity index (χ1) is 12.2. The largest absolute Gasteiger partial charge is 0.416 e. The Morgan fingerprint density at radius 3 is 2.31 bits per heavy atom. The Labute approximate surface area is 147 Å². The van der Waals surface area contributed by atoms with Crippen molar-refractivity contribution in [2.45, 2.75) is 6.18 Å². The lowest BCUT2D eigenvalue weighted by Crippen LogP contribution is -2.28. The van der Waals surface area contributed by atoms with E-state index >= 15 is 0 Å². The zero-order valence-electron chi connectivity index (χ0n) is 13.4. The average Bonchev–Trinajstić information content (AvgIpc) is 2.59. The molecule has 1 heterocycles. The van der Waals surface area contributed by atoms with Gasteiger partial charge in [-0.3, -0.25) is 9.78 Å². The molecule has 26 heavy (non-hydrogen) atoms. The summed E-state index contributed by atoms with van der Waals surface area (Å²) in [5.74, 6) is -0.582. The van der Waals surface area contributed by atoms with Crippen molar-refractivity contribution in [3.05, 3.63) is 77.4 Å². The number of halogens is 3. The molecule has 6 nitrogen and oxygen atoms in total. The smallest absolute Gasteiger partial charge is 0.399 e. The van der Waals surface area contributed by atoms with Crippen LogP contribution in [0.1, 0.15) is 21.6 Å². The number of carbonyl (C=O) groups excluding carboxylic acids is 1. The Morgan fingerprint density at radius 2 is 1.73 bits per heavy atom. The summed E-state index contributed by atoms with van der Waals surface area (Å²) in [6, 6.07) is 7.26. The minimum Gasteiger partial charge on any atom is -0.399 e. The number of nitrogen functional groups attached to an aromatic ring is 1. The highest BCUT2D eigenvalue weighted by molar-refractivity contribution is 5.94. The Balaban J connectivity index is 2.07. The van der Waals surface area contributed by atoms with Crippen molar-refractivity contribution in [2.75, 3.05) is 5.73 Å². The topological polar surface area (TPSA) is 120 Å². The van der Waals surface area contributed by atoms with Gasteiger partial charge in [0, 0.05) is 17.6 Å². The summed E-state index contributed by atoms with van der Waals surface area (Å²) >= 11 is 0. The Kier molecular flexibility index (Phi) is 5.51. The molecule has 1 aromatic carbocycles. The van der Waals surface area contributed by atoms with E-state index in [2.05, 4.69) is 10.3 Å². The second kappa shape index (κ2) is 7.60. The van der Waals surface area contributed by atoms with Crippen LogP contribution in [-0.2, 0) is 6.18 Å². The molecular weight excluding hydrogens is 347 g/mol. The summed E-state index contributed by atoms with van der Waals surface area (Å²) in [6.07, 6.45) is -0.352. The van der Waals surface area contributed by atoms with Gasteiger partial charge in [0.1, 0.15) is 11.5 Å². The van der Waals surface area contributed by atoms with Gasteiger partial charge in [0.05, 0.1) is 5.56 Å². The second-order valence-corrected chi connectivity index (χ2v) is 5.25. The molecule has 7 N–H and O–H groups in total. The summed E-state index contributed by atoms with van der Waals surface area (Å²) in [5.41, 5.74) is 17.3. The van der Waals surface area contributed by atoms with Gasteiger partial charge < -0.3 is 22.5 Å². The number of nitrogens with two attached hydrogens (primary N) is 3. The molecule has 0 unspecified atom stereocenters. The summed E-state index contributed by atoms with van der Waals surface area (Å²) in [5, 5.41) is 2.39. The van der Waals surface area contributed by atoms with E-state index in [-0.39, 0.29) is 17.2 Å². The molecule has 0 saturated heterocycles. The minimum atomic E-state index is -4.42. The second-order valence-electron chi connectivity index (χ2n) is 5.25. The number of rotatable bonds is 4. The number of benzene rings is 1. The monoisotopic (exact) mass is 363 g/mol. The van der Waals surface area contributed by atoms with Gasteiger partial charge in [-0.2, -0.15) is 13.2 Å². The lowest BCUT2D eigenvalue weighted by Gasteiger charge is -2.08. The number of amides is 1. The lowest BCUT2D eigenvalue weighted by atomic mass is 10.1. The molecule has 0 saturated carbocycles. The Bertz CT molecular complexity index is 857. The number of nitrogens with zero attached hydrogens (tertiary/aromatic N) is 1. The fourth-order valence-corrected chi connectivity index (χ4v) is 1.94. The van der Waals surface area contributed by atoms with Crippen molar-refractivity contribution in [3.8, 4) is 0 Å². The van der Waals surface area contributed by atoms with Crippen LogP contribution >= 0.6 is 0 Å². The highest BCUT2D eigenvalue weighted by Crippen LogP contribution is 2.29. The summed E-state index contributed by atoms with van der Waals surface area (Å²) in [6.45, 7) is 0. The van der Waals surface area contributed by atoms with E-state index in [4.69, 9.17) is 17.2 Å². The third kappa shape index (κ3) is 5.00. The molecule has 0 fully saturated rings. The van der Waals surface area contributed by atoms with Crippen LogP contribution in [0.15, 0.2) is 60.6 Å². The Hall–Kier alpha value is -3.49. The van der Waals surface area contributed by atoms with Gasteiger partial charge >= 0.3 is 6.18 Å². The maximum Gasteiger partial charge on any atom is 0.416 e. The van der Waals surface area contributed by atoms with E-state index in [0.29, 0.717) is 11.3 Å². The van der Waals surface area contributed by atoms with Crippen molar-refractivity contribution in [1.82, 2.24) is 10.3 Å². The predicted octanol–water partition coefficient (Wildman–Crippen LogP) is 2.21. The molecular formula is C17H16F3N5O. The molecule has 136 valence electrons. The van der Waals surface area contributed by atoms with Crippen LogP contribution in [-0.4, -0.2) is 10.9 Å². The number of aromatic nitrogens is 1. The molecule has 0 radical (unpaired) electrons. The quantitative estimate of drug-likeness (QED) is 0.621. The molecule has 2 rings (SSSR count). The van der Waals surface area contributed by atoms with Crippen LogP contribution in [0, 0.1) is 0 Å². The molecule has 9 heteroatoms. The van der Waals surface area contributed by atoms with Gasteiger partial charge in [-0.15, -0.1) is 0 Å². The zero-order chi connectivity index (χ0) is 19.3. The van der Waals surface area contributed by atoms with Gasteiger partial charge in [0.25, 0.3) is 5.91 Å². The SMILES string of the molecule is N/C(=C\C=C(/N)NC(=O)c1cc(N)ccn1)c1ccc(C(F)(F)F)cc1. The van der Waals surface area contributed by atoms with Crippen LogP contribution in [0.3, 0.4) is 0 Å². The van der Waals surface area contributed by atoms with Gasteiger partial charge in [0.15, 0.2) is 0 Å². The van der Waals surface area contributed by atoms with Gasteiger partial charge in [-0.25, -0.2) is 0 Å². The number of anilines is 1. The van der Waals surface area contributed by atoms with E-state index in [1.807, 2.05) is 0 Å². The third-order valence-corrected chi connectivity index (χ3v) is 3.26. The number of carbonyl (C=O) groups is 1. The van der Waals surface area contributed by atoms with Gasteiger partial charge in [-0.05, 0) is 42.0 Å². The van der Waals surface area contributed by atoms with E-state index in [0.717, 1.165) is 12.1 Å². The Morgan fingerprint density at radius 1 is 1.08 bits per heavy atom. The predicted molar refractivity (Wildman–Crippen MR) is 92.0 cm³/mol. The number of hydrogen-bond acceptors (Lipinski definition) is 5. The standard InChI is InChI=1S/C17H16F3N5O/c18-17(19,20)11-3-1-10(2-4-11)13(22)5-6-15(23)25-16(26)14-9-12(21)7-8-24-14/h1-9H,22-23H2,(H2,21,24)(H,25,26)/b13-5-,15-6+. The minimum absolute atomic E-state index is 0.0194. The first kappa shape index (κ1) is 18.8. The highest BCUT2D eigenvalue weighted by atomic mass is 19.4.